The molecule has 0 amide bonds. The Morgan fingerprint density at radius 1 is 1.00 bits per heavy atom. The Bertz CT molecular complexity index is 846. The van der Waals surface area contributed by atoms with Crippen LogP contribution in [0, 0.1) is 12.7 Å². The van der Waals surface area contributed by atoms with Crippen LogP contribution in [0.25, 0.3) is 0 Å². The van der Waals surface area contributed by atoms with Crippen LogP contribution >= 0.6 is 23.2 Å². The molecule has 0 fully saturated rings. The largest absolute Gasteiger partial charge is 0.376 e. The maximum Gasteiger partial charge on any atom is 0.151 e. The molecule has 0 saturated heterocycles. The second-order valence-electron chi connectivity index (χ2n) is 7.33. The number of ether oxygens (including phenoxy) is 2. The van der Waals surface area contributed by atoms with Crippen molar-refractivity contribution >= 4 is 39.9 Å². The van der Waals surface area contributed by atoms with Gasteiger partial charge in [-0.2, -0.15) is 0 Å². The SMILES string of the molecule is COC(C)(C)C(C)(C)OC.Cc1ccc(NS(=O)c2cccc(Cl)c2Cl)c(F)c1. The fourth-order valence-electron chi connectivity index (χ4n) is 1.98. The Labute approximate surface area is 185 Å². The lowest BCUT2D eigenvalue weighted by Crippen LogP contribution is -2.48. The highest BCUT2D eigenvalue weighted by Gasteiger charge is 2.36. The maximum absolute atomic E-state index is 13.7. The average molecular weight is 464 g/mol. The van der Waals surface area contributed by atoms with E-state index in [-0.39, 0.29) is 21.9 Å². The van der Waals surface area contributed by atoms with Crippen LogP contribution in [0.3, 0.4) is 0 Å². The molecule has 1 unspecified atom stereocenters. The third-order valence-electron chi connectivity index (χ3n) is 4.91. The van der Waals surface area contributed by atoms with Crippen molar-refractivity contribution in [2.24, 2.45) is 0 Å². The standard InChI is InChI=1S/C13H10Cl2FNOS.C8H18O2/c1-8-5-6-11(10(16)7-8)17-19(18)12-4-2-3-9(14)13(12)15;1-7(2,9-5)8(3,4)10-6/h2-7,17H,1H3;1-6H3. The molecule has 0 radical (unpaired) electrons. The molecular weight excluding hydrogens is 436 g/mol. The van der Waals surface area contributed by atoms with Crippen LogP contribution in [-0.2, 0) is 20.5 Å². The molecule has 4 nitrogen and oxygen atoms in total. The zero-order valence-electron chi connectivity index (χ0n) is 17.7. The summed E-state index contributed by atoms with van der Waals surface area (Å²) in [7, 11) is 1.71. The Hall–Kier alpha value is -1.18. The highest BCUT2D eigenvalue weighted by Crippen LogP contribution is 2.29. The predicted octanol–water partition coefficient (Wildman–Crippen LogP) is 6.41. The van der Waals surface area contributed by atoms with Gasteiger partial charge in [0.2, 0.25) is 0 Å². The first-order valence-electron chi connectivity index (χ1n) is 8.85. The van der Waals surface area contributed by atoms with Gasteiger partial charge < -0.3 is 9.47 Å². The summed E-state index contributed by atoms with van der Waals surface area (Å²) in [6.45, 7) is 9.82. The van der Waals surface area contributed by atoms with Crippen molar-refractivity contribution in [1.82, 2.24) is 0 Å². The molecule has 0 aliphatic rings. The fourth-order valence-corrected chi connectivity index (χ4v) is 3.49. The molecule has 0 saturated carbocycles. The molecule has 1 atom stereocenters. The second-order valence-corrected chi connectivity index (χ2v) is 9.30. The third-order valence-corrected chi connectivity index (χ3v) is 6.99. The number of hydrogen-bond donors (Lipinski definition) is 1. The average Bonchev–Trinajstić information content (AvgIpc) is 2.66. The Morgan fingerprint density at radius 2 is 1.55 bits per heavy atom. The van der Waals surface area contributed by atoms with Crippen LogP contribution in [0.15, 0.2) is 41.3 Å². The van der Waals surface area contributed by atoms with E-state index in [1.807, 2.05) is 27.7 Å². The minimum atomic E-state index is -1.68. The van der Waals surface area contributed by atoms with Gasteiger partial charge in [0, 0.05) is 14.2 Å². The molecule has 0 bridgehead atoms. The van der Waals surface area contributed by atoms with E-state index in [1.54, 1.807) is 45.4 Å². The van der Waals surface area contributed by atoms with Crippen molar-refractivity contribution in [3.63, 3.8) is 0 Å². The highest BCUT2D eigenvalue weighted by molar-refractivity contribution is 7.86. The van der Waals surface area contributed by atoms with E-state index >= 15 is 0 Å². The Balaban J connectivity index is 0.000000359. The summed E-state index contributed by atoms with van der Waals surface area (Å²) in [6, 6.07) is 9.41. The van der Waals surface area contributed by atoms with Crippen LogP contribution in [0.5, 0.6) is 0 Å². The van der Waals surface area contributed by atoms with Gasteiger partial charge in [0.1, 0.15) is 5.82 Å². The Morgan fingerprint density at radius 3 is 2.03 bits per heavy atom. The van der Waals surface area contributed by atoms with Gasteiger partial charge in [-0.15, -0.1) is 0 Å². The number of rotatable bonds is 6. The first kappa shape index (κ1) is 25.9. The van der Waals surface area contributed by atoms with Gasteiger partial charge >= 0.3 is 0 Å². The Kier molecular flexibility index (Phi) is 9.57. The molecule has 1 N–H and O–H groups in total. The maximum atomic E-state index is 13.7. The molecule has 0 aliphatic carbocycles. The van der Waals surface area contributed by atoms with Gasteiger partial charge in [0.05, 0.1) is 31.8 Å². The van der Waals surface area contributed by atoms with Gasteiger partial charge in [0.15, 0.2) is 11.0 Å². The van der Waals surface area contributed by atoms with E-state index < -0.39 is 16.8 Å². The van der Waals surface area contributed by atoms with Crippen LogP contribution in [-0.4, -0.2) is 29.6 Å². The lowest BCUT2D eigenvalue weighted by Gasteiger charge is -2.38. The van der Waals surface area contributed by atoms with Crippen LogP contribution < -0.4 is 4.72 Å². The van der Waals surface area contributed by atoms with Gasteiger partial charge in [-0.3, -0.25) is 4.72 Å². The molecule has 29 heavy (non-hydrogen) atoms. The van der Waals surface area contributed by atoms with E-state index in [4.69, 9.17) is 32.7 Å². The summed E-state index contributed by atoms with van der Waals surface area (Å²) < 4.78 is 38.9. The fraction of sp³-hybridized carbons (Fsp3) is 0.429. The van der Waals surface area contributed by atoms with Crippen molar-refractivity contribution < 1.29 is 18.1 Å². The normalized spacial score (nSPS) is 12.8. The summed E-state index contributed by atoms with van der Waals surface area (Å²) in [5.74, 6) is -0.466. The van der Waals surface area contributed by atoms with Crippen molar-refractivity contribution in [2.45, 2.75) is 50.7 Å². The predicted molar refractivity (Wildman–Crippen MR) is 120 cm³/mol. The molecule has 2 aromatic carbocycles. The van der Waals surface area contributed by atoms with Crippen molar-refractivity contribution in [1.29, 1.82) is 0 Å². The third kappa shape index (κ3) is 6.93. The van der Waals surface area contributed by atoms with Gasteiger partial charge in [-0.1, -0.05) is 35.3 Å². The van der Waals surface area contributed by atoms with Crippen LogP contribution in [0.4, 0.5) is 10.1 Å². The second kappa shape index (κ2) is 10.7. The van der Waals surface area contributed by atoms with Gasteiger partial charge in [-0.25, -0.2) is 8.60 Å². The lowest BCUT2D eigenvalue weighted by atomic mass is 9.89. The zero-order chi connectivity index (χ0) is 22.4. The molecule has 0 aliphatic heterocycles. The number of nitrogens with one attached hydrogen (secondary N) is 1. The van der Waals surface area contributed by atoms with E-state index in [9.17, 15) is 8.60 Å². The van der Waals surface area contributed by atoms with Crippen LogP contribution in [0.2, 0.25) is 10.0 Å². The summed E-state index contributed by atoms with van der Waals surface area (Å²) in [4.78, 5) is 0.314. The number of aryl methyl sites for hydroxylation is 1. The van der Waals surface area contributed by atoms with Crippen molar-refractivity contribution in [3.05, 3.63) is 57.8 Å². The summed E-state index contributed by atoms with van der Waals surface area (Å²) >= 11 is 11.8. The summed E-state index contributed by atoms with van der Waals surface area (Å²) in [5.41, 5.74) is 0.471. The van der Waals surface area contributed by atoms with Crippen molar-refractivity contribution in [2.75, 3.05) is 18.9 Å². The van der Waals surface area contributed by atoms with E-state index in [2.05, 4.69) is 4.72 Å². The van der Waals surface area contributed by atoms with E-state index in [0.29, 0.717) is 9.92 Å². The first-order chi connectivity index (χ1) is 13.4. The van der Waals surface area contributed by atoms with Crippen LogP contribution in [0.1, 0.15) is 33.3 Å². The van der Waals surface area contributed by atoms with Gasteiger partial charge in [-0.05, 0) is 64.4 Å². The minimum Gasteiger partial charge on any atom is -0.376 e. The first-order valence-corrected chi connectivity index (χ1v) is 10.8. The molecule has 2 rings (SSSR count). The van der Waals surface area contributed by atoms with Gasteiger partial charge in [0.25, 0.3) is 0 Å². The molecular formula is C21H28Cl2FNO3S. The monoisotopic (exact) mass is 463 g/mol. The number of benzene rings is 2. The van der Waals surface area contributed by atoms with Crippen molar-refractivity contribution in [3.8, 4) is 0 Å². The lowest BCUT2D eigenvalue weighted by molar-refractivity contribution is -0.147. The molecule has 0 spiro atoms. The smallest absolute Gasteiger partial charge is 0.151 e. The molecule has 0 heterocycles. The summed E-state index contributed by atoms with van der Waals surface area (Å²) in [6.07, 6.45) is 0. The zero-order valence-corrected chi connectivity index (χ0v) is 20.1. The highest BCUT2D eigenvalue weighted by atomic mass is 35.5. The molecule has 162 valence electrons. The summed E-state index contributed by atoms with van der Waals surface area (Å²) in [5, 5.41) is 0.501. The number of methoxy groups -OCH3 is 2. The minimum absolute atomic E-state index is 0.153. The number of halogens is 3. The molecule has 2 aromatic rings. The van der Waals surface area contributed by atoms with E-state index in [0.717, 1.165) is 5.56 Å². The quantitative estimate of drug-likeness (QED) is 0.537. The topological polar surface area (TPSA) is 47.6 Å². The number of anilines is 1. The van der Waals surface area contributed by atoms with E-state index in [1.165, 1.54) is 12.1 Å². The number of hydrogen-bond acceptors (Lipinski definition) is 3. The molecule has 0 aromatic heterocycles. The molecule has 8 heteroatoms.